The predicted octanol–water partition coefficient (Wildman–Crippen LogP) is 1.56. The van der Waals surface area contributed by atoms with Crippen LogP contribution >= 0.6 is 0 Å². The Bertz CT molecular complexity index is 360. The van der Waals surface area contributed by atoms with Gasteiger partial charge in [-0.25, -0.2) is 4.68 Å². The van der Waals surface area contributed by atoms with Crippen LogP contribution in [-0.4, -0.2) is 20.5 Å². The van der Waals surface area contributed by atoms with Crippen LogP contribution in [-0.2, 0) is 7.05 Å². The summed E-state index contributed by atoms with van der Waals surface area (Å²) in [6.45, 7) is 2.39. The highest BCUT2D eigenvalue weighted by molar-refractivity contribution is 5.42. The maximum atomic E-state index is 3.94. The smallest absolute Gasteiger partial charge is 0.144 e. The third-order valence-corrected chi connectivity index (χ3v) is 3.99. The van der Waals surface area contributed by atoms with Crippen LogP contribution in [0.3, 0.4) is 0 Å². The van der Waals surface area contributed by atoms with E-state index in [1.54, 1.807) is 0 Å². The molecule has 0 saturated heterocycles. The maximum absolute atomic E-state index is 3.94. The molecule has 2 saturated carbocycles. The Morgan fingerprint density at radius 1 is 1.36 bits per heavy atom. The standard InChI is InChI=1S/C10H16N4/c1-9(3-4-9)10(5-6-10)12-8-7-11-13-14(8)2/h7,12H,3-6H2,1-2H3. The number of aryl methyl sites for hydroxylation is 1. The van der Waals surface area contributed by atoms with Gasteiger partial charge in [-0.15, -0.1) is 5.10 Å². The highest BCUT2D eigenvalue weighted by Crippen LogP contribution is 2.64. The lowest BCUT2D eigenvalue weighted by atomic mass is 9.96. The van der Waals surface area contributed by atoms with Crippen molar-refractivity contribution >= 4 is 5.82 Å². The van der Waals surface area contributed by atoms with E-state index in [4.69, 9.17) is 0 Å². The molecule has 1 heterocycles. The summed E-state index contributed by atoms with van der Waals surface area (Å²) in [5.74, 6) is 1.05. The summed E-state index contributed by atoms with van der Waals surface area (Å²) < 4.78 is 1.81. The summed E-state index contributed by atoms with van der Waals surface area (Å²) in [5.41, 5.74) is 0.903. The fraction of sp³-hybridized carbons (Fsp3) is 0.800. The van der Waals surface area contributed by atoms with E-state index in [2.05, 4.69) is 22.6 Å². The van der Waals surface area contributed by atoms with E-state index in [0.29, 0.717) is 11.0 Å². The largest absolute Gasteiger partial charge is 0.363 e. The number of aromatic nitrogens is 3. The van der Waals surface area contributed by atoms with Crippen molar-refractivity contribution in [1.82, 2.24) is 15.0 Å². The van der Waals surface area contributed by atoms with E-state index in [1.165, 1.54) is 25.7 Å². The summed E-state index contributed by atoms with van der Waals surface area (Å²) in [6, 6.07) is 0. The van der Waals surface area contributed by atoms with Gasteiger partial charge in [0.15, 0.2) is 0 Å². The number of hydrogen-bond acceptors (Lipinski definition) is 3. The molecular formula is C10H16N4. The van der Waals surface area contributed by atoms with Crippen LogP contribution in [0.1, 0.15) is 32.6 Å². The zero-order valence-electron chi connectivity index (χ0n) is 8.75. The van der Waals surface area contributed by atoms with E-state index in [1.807, 2.05) is 17.9 Å². The first-order chi connectivity index (χ1) is 6.65. The minimum absolute atomic E-state index is 0.364. The van der Waals surface area contributed by atoms with Gasteiger partial charge in [0, 0.05) is 12.6 Å². The van der Waals surface area contributed by atoms with Crippen molar-refractivity contribution < 1.29 is 0 Å². The Labute approximate surface area is 83.7 Å². The zero-order valence-corrected chi connectivity index (χ0v) is 8.75. The van der Waals surface area contributed by atoms with Crippen molar-refractivity contribution in [2.24, 2.45) is 12.5 Å². The van der Waals surface area contributed by atoms with Crippen molar-refractivity contribution in [2.45, 2.75) is 38.1 Å². The van der Waals surface area contributed by atoms with Gasteiger partial charge in [0.2, 0.25) is 0 Å². The zero-order chi connectivity index (χ0) is 9.81. The first kappa shape index (κ1) is 8.26. The molecule has 1 N–H and O–H groups in total. The van der Waals surface area contributed by atoms with Crippen molar-refractivity contribution in [3.8, 4) is 0 Å². The molecule has 0 amide bonds. The summed E-state index contributed by atoms with van der Waals surface area (Å²) >= 11 is 0. The van der Waals surface area contributed by atoms with Gasteiger partial charge in [0.1, 0.15) is 5.82 Å². The van der Waals surface area contributed by atoms with Crippen LogP contribution < -0.4 is 5.32 Å². The molecule has 0 radical (unpaired) electrons. The van der Waals surface area contributed by atoms with Gasteiger partial charge in [0.05, 0.1) is 6.20 Å². The quantitative estimate of drug-likeness (QED) is 0.790. The first-order valence-corrected chi connectivity index (χ1v) is 5.28. The van der Waals surface area contributed by atoms with E-state index in [9.17, 15) is 0 Å². The van der Waals surface area contributed by atoms with Gasteiger partial charge >= 0.3 is 0 Å². The molecule has 0 unspecified atom stereocenters. The molecule has 3 rings (SSSR count). The highest BCUT2D eigenvalue weighted by Gasteiger charge is 2.62. The van der Waals surface area contributed by atoms with Crippen molar-refractivity contribution in [3.05, 3.63) is 6.20 Å². The van der Waals surface area contributed by atoms with Crippen LogP contribution in [0.15, 0.2) is 6.20 Å². The lowest BCUT2D eigenvalue weighted by Crippen LogP contribution is -2.31. The summed E-state index contributed by atoms with van der Waals surface area (Å²) in [7, 11) is 1.93. The monoisotopic (exact) mass is 192 g/mol. The highest BCUT2D eigenvalue weighted by atomic mass is 15.4. The average molecular weight is 192 g/mol. The molecule has 2 aliphatic carbocycles. The molecule has 0 bridgehead atoms. The maximum Gasteiger partial charge on any atom is 0.144 e. The van der Waals surface area contributed by atoms with Crippen LogP contribution in [0.5, 0.6) is 0 Å². The summed E-state index contributed by atoms with van der Waals surface area (Å²) in [6.07, 6.45) is 7.14. The SMILES string of the molecule is Cn1nncc1NC1(C2(C)CC2)CC1. The predicted molar refractivity (Wildman–Crippen MR) is 53.9 cm³/mol. The molecule has 4 nitrogen and oxygen atoms in total. The van der Waals surface area contributed by atoms with Crippen LogP contribution in [0.2, 0.25) is 0 Å². The number of nitrogens with one attached hydrogen (secondary N) is 1. The molecule has 0 aliphatic heterocycles. The second-order valence-electron chi connectivity index (χ2n) is 5.01. The normalized spacial score (nSPS) is 25.9. The Morgan fingerprint density at radius 2 is 2.07 bits per heavy atom. The number of rotatable bonds is 3. The molecule has 0 aromatic carbocycles. The van der Waals surface area contributed by atoms with Gasteiger partial charge in [-0.3, -0.25) is 0 Å². The molecular weight excluding hydrogens is 176 g/mol. The number of anilines is 1. The molecule has 1 aromatic heterocycles. The minimum Gasteiger partial charge on any atom is -0.363 e. The van der Waals surface area contributed by atoms with Gasteiger partial charge < -0.3 is 5.32 Å². The van der Waals surface area contributed by atoms with Crippen molar-refractivity contribution in [3.63, 3.8) is 0 Å². The molecule has 4 heteroatoms. The van der Waals surface area contributed by atoms with Crippen LogP contribution in [0.4, 0.5) is 5.82 Å². The van der Waals surface area contributed by atoms with E-state index >= 15 is 0 Å². The minimum atomic E-state index is 0.364. The molecule has 1 aromatic rings. The summed E-state index contributed by atoms with van der Waals surface area (Å²) in [4.78, 5) is 0. The van der Waals surface area contributed by atoms with Gasteiger partial charge in [-0.1, -0.05) is 12.1 Å². The number of hydrogen-bond donors (Lipinski definition) is 1. The lowest BCUT2D eigenvalue weighted by Gasteiger charge is -2.24. The van der Waals surface area contributed by atoms with Crippen molar-refractivity contribution in [2.75, 3.05) is 5.32 Å². The number of nitrogens with zero attached hydrogens (tertiary/aromatic N) is 3. The second-order valence-corrected chi connectivity index (χ2v) is 5.01. The summed E-state index contributed by atoms with van der Waals surface area (Å²) in [5, 5.41) is 11.4. The van der Waals surface area contributed by atoms with E-state index < -0.39 is 0 Å². The average Bonchev–Trinajstić information content (AvgIpc) is 3.02. The fourth-order valence-electron chi connectivity index (χ4n) is 2.32. The van der Waals surface area contributed by atoms with Gasteiger partial charge in [0.25, 0.3) is 0 Å². The van der Waals surface area contributed by atoms with Gasteiger partial charge in [-0.2, -0.15) is 0 Å². The van der Waals surface area contributed by atoms with E-state index in [0.717, 1.165) is 5.82 Å². The molecule has 0 spiro atoms. The Morgan fingerprint density at radius 3 is 2.50 bits per heavy atom. The third-order valence-electron chi connectivity index (χ3n) is 3.99. The second kappa shape index (κ2) is 2.30. The Kier molecular flexibility index (Phi) is 1.36. The topological polar surface area (TPSA) is 42.7 Å². The molecule has 2 fully saturated rings. The third kappa shape index (κ3) is 0.996. The van der Waals surface area contributed by atoms with Crippen molar-refractivity contribution in [1.29, 1.82) is 0 Å². The lowest BCUT2D eigenvalue weighted by molar-refractivity contribution is 0.444. The molecule has 0 atom stereocenters. The Balaban J connectivity index is 1.82. The fourth-order valence-corrected chi connectivity index (χ4v) is 2.32. The molecule has 76 valence electrons. The molecule has 14 heavy (non-hydrogen) atoms. The first-order valence-electron chi connectivity index (χ1n) is 5.28. The Hall–Kier alpha value is -1.06. The van der Waals surface area contributed by atoms with Crippen LogP contribution in [0.25, 0.3) is 0 Å². The molecule has 2 aliphatic rings. The van der Waals surface area contributed by atoms with Crippen LogP contribution in [0, 0.1) is 5.41 Å². The van der Waals surface area contributed by atoms with Gasteiger partial charge in [-0.05, 0) is 31.1 Å². The van der Waals surface area contributed by atoms with E-state index in [-0.39, 0.29) is 0 Å².